The van der Waals surface area contributed by atoms with E-state index < -0.39 is 9.84 Å². The van der Waals surface area contributed by atoms with Gasteiger partial charge in [-0.15, -0.1) is 0 Å². The fraction of sp³-hybridized carbons (Fsp3) is 0.600. The smallest absolute Gasteiger partial charge is 0.169 e. The molecule has 0 aliphatic carbocycles. The predicted molar refractivity (Wildman–Crippen MR) is 64.9 cm³/mol. The first-order valence-corrected chi connectivity index (χ1v) is 7.70. The SMILES string of the molecule is CC1(NCc2ccc(Br)o2)CCS(=O)(=O)C1. The maximum absolute atomic E-state index is 11.4. The lowest BCUT2D eigenvalue weighted by Gasteiger charge is -2.23. The van der Waals surface area contributed by atoms with Crippen LogP contribution < -0.4 is 5.32 Å². The molecular weight excluding hydrogens is 294 g/mol. The van der Waals surface area contributed by atoms with Crippen LogP contribution in [0.1, 0.15) is 19.1 Å². The molecule has 16 heavy (non-hydrogen) atoms. The summed E-state index contributed by atoms with van der Waals surface area (Å²) in [6.45, 7) is 2.49. The van der Waals surface area contributed by atoms with E-state index in [1.165, 1.54) is 0 Å². The van der Waals surface area contributed by atoms with Crippen LogP contribution in [0.15, 0.2) is 21.2 Å². The normalized spacial score (nSPS) is 28.4. The van der Waals surface area contributed by atoms with E-state index in [2.05, 4.69) is 21.2 Å². The summed E-state index contributed by atoms with van der Waals surface area (Å²) in [6, 6.07) is 3.69. The number of hydrogen-bond acceptors (Lipinski definition) is 4. The van der Waals surface area contributed by atoms with Crippen molar-refractivity contribution in [1.29, 1.82) is 0 Å². The molecule has 2 rings (SSSR count). The van der Waals surface area contributed by atoms with Gasteiger partial charge < -0.3 is 9.73 Å². The Bertz CT molecular complexity index is 482. The van der Waals surface area contributed by atoms with Crippen LogP contribution in [0.2, 0.25) is 0 Å². The van der Waals surface area contributed by atoms with Crippen molar-refractivity contribution in [2.75, 3.05) is 11.5 Å². The lowest BCUT2D eigenvalue weighted by atomic mass is 10.0. The molecule has 1 aliphatic heterocycles. The topological polar surface area (TPSA) is 59.3 Å². The number of hydrogen-bond donors (Lipinski definition) is 1. The Hall–Kier alpha value is -0.330. The third kappa shape index (κ3) is 2.87. The second-order valence-electron chi connectivity index (χ2n) is 4.46. The van der Waals surface area contributed by atoms with E-state index in [4.69, 9.17) is 4.42 Å². The summed E-state index contributed by atoms with van der Waals surface area (Å²) in [5.74, 6) is 1.29. The Kier molecular flexibility index (Phi) is 3.16. The third-order valence-electron chi connectivity index (χ3n) is 2.82. The van der Waals surface area contributed by atoms with Crippen molar-refractivity contribution in [3.8, 4) is 0 Å². The summed E-state index contributed by atoms with van der Waals surface area (Å²) in [7, 11) is -2.86. The zero-order chi connectivity index (χ0) is 11.8. The van der Waals surface area contributed by atoms with Crippen LogP contribution in [0.5, 0.6) is 0 Å². The van der Waals surface area contributed by atoms with Crippen LogP contribution >= 0.6 is 15.9 Å². The zero-order valence-corrected chi connectivity index (χ0v) is 11.4. The fourth-order valence-electron chi connectivity index (χ4n) is 1.90. The number of sulfone groups is 1. The highest BCUT2D eigenvalue weighted by molar-refractivity contribution is 9.10. The van der Waals surface area contributed by atoms with Crippen molar-refractivity contribution in [1.82, 2.24) is 5.32 Å². The molecule has 0 amide bonds. The lowest BCUT2D eigenvalue weighted by molar-refractivity contribution is 0.364. The monoisotopic (exact) mass is 307 g/mol. The zero-order valence-electron chi connectivity index (χ0n) is 8.99. The van der Waals surface area contributed by atoms with Crippen molar-refractivity contribution in [2.45, 2.75) is 25.4 Å². The highest BCUT2D eigenvalue weighted by Crippen LogP contribution is 2.23. The van der Waals surface area contributed by atoms with E-state index in [1.807, 2.05) is 19.1 Å². The van der Waals surface area contributed by atoms with E-state index in [0.717, 1.165) is 5.76 Å². The first kappa shape index (κ1) is 12.1. The van der Waals surface area contributed by atoms with E-state index in [1.54, 1.807) is 0 Å². The molecule has 0 bridgehead atoms. The van der Waals surface area contributed by atoms with Gasteiger partial charge in [0.1, 0.15) is 5.76 Å². The Morgan fingerprint density at radius 1 is 1.56 bits per heavy atom. The molecule has 2 heterocycles. The Morgan fingerprint density at radius 3 is 2.81 bits per heavy atom. The second-order valence-corrected chi connectivity index (χ2v) is 7.43. The van der Waals surface area contributed by atoms with Crippen LogP contribution in [-0.2, 0) is 16.4 Å². The second kappa shape index (κ2) is 4.16. The molecule has 1 N–H and O–H groups in total. The van der Waals surface area contributed by atoms with E-state index in [9.17, 15) is 8.42 Å². The molecule has 4 nitrogen and oxygen atoms in total. The lowest BCUT2D eigenvalue weighted by Crippen LogP contribution is -2.42. The van der Waals surface area contributed by atoms with Gasteiger partial charge in [0.25, 0.3) is 0 Å². The summed E-state index contributed by atoms with van der Waals surface area (Å²) >= 11 is 3.23. The average Bonchev–Trinajstić information content (AvgIpc) is 2.69. The largest absolute Gasteiger partial charge is 0.453 e. The summed E-state index contributed by atoms with van der Waals surface area (Å²) in [5.41, 5.74) is -0.321. The maximum Gasteiger partial charge on any atom is 0.169 e. The maximum atomic E-state index is 11.4. The van der Waals surface area contributed by atoms with Gasteiger partial charge in [-0.25, -0.2) is 8.42 Å². The van der Waals surface area contributed by atoms with Crippen molar-refractivity contribution in [3.63, 3.8) is 0 Å². The minimum atomic E-state index is -2.86. The van der Waals surface area contributed by atoms with Gasteiger partial charge in [0.2, 0.25) is 0 Å². The standard InChI is InChI=1S/C10H14BrNO3S/c1-10(4-5-16(13,14)7-10)12-6-8-2-3-9(11)15-8/h2-3,12H,4-7H2,1H3. The van der Waals surface area contributed by atoms with Crippen molar-refractivity contribution >= 4 is 25.8 Å². The van der Waals surface area contributed by atoms with E-state index in [0.29, 0.717) is 17.6 Å². The van der Waals surface area contributed by atoms with Crippen molar-refractivity contribution < 1.29 is 12.8 Å². The molecular formula is C10H14BrNO3S. The van der Waals surface area contributed by atoms with Crippen LogP contribution in [0.25, 0.3) is 0 Å². The van der Waals surface area contributed by atoms with Gasteiger partial charge in [-0.1, -0.05) is 0 Å². The molecule has 0 saturated carbocycles. The molecule has 1 unspecified atom stereocenters. The van der Waals surface area contributed by atoms with Gasteiger partial charge in [-0.05, 0) is 41.4 Å². The van der Waals surface area contributed by atoms with Gasteiger partial charge in [0.15, 0.2) is 14.5 Å². The highest BCUT2D eigenvalue weighted by atomic mass is 79.9. The molecule has 6 heteroatoms. The van der Waals surface area contributed by atoms with Gasteiger partial charge in [0.05, 0.1) is 18.1 Å². The Labute approximate surface area is 103 Å². The molecule has 90 valence electrons. The summed E-state index contributed by atoms with van der Waals surface area (Å²) in [5, 5.41) is 3.25. The van der Waals surface area contributed by atoms with Crippen molar-refractivity contribution in [3.05, 3.63) is 22.6 Å². The fourth-order valence-corrected chi connectivity index (χ4v) is 4.36. The Balaban J connectivity index is 1.96. The molecule has 0 aromatic carbocycles. The summed E-state index contributed by atoms with van der Waals surface area (Å²) < 4.78 is 28.8. The minimum absolute atomic E-state index is 0.210. The van der Waals surface area contributed by atoms with Gasteiger partial charge in [-0.3, -0.25) is 0 Å². The predicted octanol–water partition coefficient (Wildman–Crippen LogP) is 1.71. The molecule has 1 aliphatic rings. The van der Waals surface area contributed by atoms with E-state index >= 15 is 0 Å². The molecule has 1 aromatic rings. The molecule has 1 aromatic heterocycles. The van der Waals surface area contributed by atoms with Crippen molar-refractivity contribution in [2.24, 2.45) is 0 Å². The first-order valence-electron chi connectivity index (χ1n) is 5.08. The highest BCUT2D eigenvalue weighted by Gasteiger charge is 2.37. The molecule has 1 saturated heterocycles. The van der Waals surface area contributed by atoms with Crippen LogP contribution in [0.3, 0.4) is 0 Å². The van der Waals surface area contributed by atoms with Gasteiger partial charge in [-0.2, -0.15) is 0 Å². The van der Waals surface area contributed by atoms with Crippen LogP contribution in [0, 0.1) is 0 Å². The molecule has 0 spiro atoms. The quantitative estimate of drug-likeness (QED) is 0.923. The van der Waals surface area contributed by atoms with Crippen LogP contribution in [-0.4, -0.2) is 25.5 Å². The first-order chi connectivity index (χ1) is 7.39. The molecule has 1 atom stereocenters. The minimum Gasteiger partial charge on any atom is -0.453 e. The van der Waals surface area contributed by atoms with Gasteiger partial charge >= 0.3 is 0 Å². The molecule has 1 fully saturated rings. The van der Waals surface area contributed by atoms with Gasteiger partial charge in [0, 0.05) is 5.54 Å². The van der Waals surface area contributed by atoms with Crippen LogP contribution in [0.4, 0.5) is 0 Å². The average molecular weight is 308 g/mol. The summed E-state index contributed by atoms with van der Waals surface area (Å²) in [6.07, 6.45) is 0.664. The summed E-state index contributed by atoms with van der Waals surface area (Å²) in [4.78, 5) is 0. The van der Waals surface area contributed by atoms with E-state index in [-0.39, 0.29) is 17.0 Å². The third-order valence-corrected chi connectivity index (χ3v) is 5.15. The number of rotatable bonds is 3. The molecule has 0 radical (unpaired) electrons. The Morgan fingerprint density at radius 2 is 2.31 bits per heavy atom. The number of furan rings is 1. The number of nitrogens with one attached hydrogen (secondary N) is 1. The number of halogens is 1.